The Morgan fingerprint density at radius 2 is 2.03 bits per heavy atom. The fourth-order valence-corrected chi connectivity index (χ4v) is 4.03. The van der Waals surface area contributed by atoms with Gasteiger partial charge >= 0.3 is 0 Å². The molecule has 0 bridgehead atoms. The molecule has 0 radical (unpaired) electrons. The molecule has 3 aromatic rings. The van der Waals surface area contributed by atoms with Crippen molar-refractivity contribution in [3.63, 3.8) is 0 Å². The molecule has 1 aromatic carbocycles. The van der Waals surface area contributed by atoms with Crippen LogP contribution in [0.5, 0.6) is 0 Å². The van der Waals surface area contributed by atoms with Crippen LogP contribution in [0.15, 0.2) is 55.0 Å². The van der Waals surface area contributed by atoms with Crippen LogP contribution in [-0.4, -0.2) is 32.3 Å². The van der Waals surface area contributed by atoms with Crippen molar-refractivity contribution in [3.05, 3.63) is 77.9 Å². The minimum absolute atomic E-state index is 0.157. The van der Waals surface area contributed by atoms with Gasteiger partial charge in [-0.05, 0) is 61.6 Å². The molecular formula is C24H25FN4O. The number of nitrogens with zero attached hydrogens (tertiary/aromatic N) is 4. The second-order valence-electron chi connectivity index (χ2n) is 7.59. The number of rotatable bonds is 5. The number of carbonyl (C=O) groups is 1. The zero-order valence-corrected chi connectivity index (χ0v) is 17.1. The second-order valence-corrected chi connectivity index (χ2v) is 7.59. The molecule has 0 spiro atoms. The number of amides is 1. The Balaban J connectivity index is 1.77. The third-order valence-corrected chi connectivity index (χ3v) is 5.48. The fourth-order valence-electron chi connectivity index (χ4n) is 4.03. The number of piperidine rings is 1. The summed E-state index contributed by atoms with van der Waals surface area (Å²) in [5.41, 5.74) is 3.13. The van der Waals surface area contributed by atoms with Crippen LogP contribution in [0.4, 0.5) is 4.39 Å². The van der Waals surface area contributed by atoms with E-state index >= 15 is 0 Å². The summed E-state index contributed by atoms with van der Waals surface area (Å²) in [7, 11) is 0. The Morgan fingerprint density at radius 1 is 1.20 bits per heavy atom. The summed E-state index contributed by atoms with van der Waals surface area (Å²) >= 11 is 0. The minimum atomic E-state index is -0.404. The lowest BCUT2D eigenvalue weighted by atomic mass is 9.93. The molecule has 1 saturated heterocycles. The summed E-state index contributed by atoms with van der Waals surface area (Å²) in [6, 6.07) is 9.61. The van der Waals surface area contributed by atoms with Crippen molar-refractivity contribution in [2.75, 3.05) is 6.54 Å². The van der Waals surface area contributed by atoms with Gasteiger partial charge in [0, 0.05) is 42.7 Å². The predicted octanol–water partition coefficient (Wildman–Crippen LogP) is 5.00. The molecular weight excluding hydrogens is 379 g/mol. The maximum Gasteiger partial charge on any atom is 0.254 e. The van der Waals surface area contributed by atoms with Crippen LogP contribution in [0.2, 0.25) is 0 Å². The fraction of sp³-hybridized carbons (Fsp3) is 0.333. The molecule has 1 aliphatic rings. The topological polar surface area (TPSA) is 59.0 Å². The molecule has 6 heteroatoms. The number of likely N-dealkylation sites (tertiary alicyclic amines) is 1. The molecule has 0 saturated carbocycles. The van der Waals surface area contributed by atoms with Gasteiger partial charge in [0.15, 0.2) is 0 Å². The molecule has 0 aliphatic carbocycles. The lowest BCUT2D eigenvalue weighted by Crippen LogP contribution is -2.39. The van der Waals surface area contributed by atoms with Crippen LogP contribution in [-0.2, 0) is 6.42 Å². The summed E-state index contributed by atoms with van der Waals surface area (Å²) < 4.78 is 13.7. The van der Waals surface area contributed by atoms with Crippen molar-refractivity contribution in [1.29, 1.82) is 0 Å². The number of carbonyl (C=O) groups excluding carboxylic acids is 1. The number of benzene rings is 1. The molecule has 0 unspecified atom stereocenters. The number of aryl methyl sites for hydroxylation is 1. The highest BCUT2D eigenvalue weighted by Crippen LogP contribution is 2.36. The SMILES string of the molecule is CCCc1ncc(-c2ccncc2)c([C@@H]2CCCCN2C(=O)c2cccc(F)c2)n1. The summed E-state index contributed by atoms with van der Waals surface area (Å²) in [6.45, 7) is 2.73. The standard InChI is InChI=1S/C24H25FN4O/c1-2-6-22-27-16-20(17-10-12-26-13-11-17)23(28-22)21-9-3-4-14-29(21)24(30)18-7-5-8-19(25)15-18/h5,7-8,10-13,15-16,21H,2-4,6,9,14H2,1H3/t21-/m0/s1. The second kappa shape index (κ2) is 9.11. The Labute approximate surface area is 176 Å². The third-order valence-electron chi connectivity index (χ3n) is 5.48. The lowest BCUT2D eigenvalue weighted by molar-refractivity contribution is 0.0606. The summed E-state index contributed by atoms with van der Waals surface area (Å²) in [5.74, 6) is 0.226. The van der Waals surface area contributed by atoms with Gasteiger partial charge in [-0.15, -0.1) is 0 Å². The van der Waals surface area contributed by atoms with Crippen molar-refractivity contribution in [2.24, 2.45) is 0 Å². The zero-order chi connectivity index (χ0) is 20.9. The maximum atomic E-state index is 13.7. The van der Waals surface area contributed by atoms with Crippen LogP contribution in [0, 0.1) is 5.82 Å². The predicted molar refractivity (Wildman–Crippen MR) is 113 cm³/mol. The minimum Gasteiger partial charge on any atom is -0.330 e. The molecule has 5 nitrogen and oxygen atoms in total. The van der Waals surface area contributed by atoms with Crippen LogP contribution in [0.3, 0.4) is 0 Å². The van der Waals surface area contributed by atoms with E-state index < -0.39 is 5.82 Å². The van der Waals surface area contributed by atoms with Crippen LogP contribution in [0.25, 0.3) is 11.1 Å². The van der Waals surface area contributed by atoms with Crippen molar-refractivity contribution in [1.82, 2.24) is 19.9 Å². The van der Waals surface area contributed by atoms with Gasteiger partial charge in [-0.3, -0.25) is 9.78 Å². The first kappa shape index (κ1) is 20.1. The molecule has 1 aliphatic heterocycles. The van der Waals surface area contributed by atoms with Gasteiger partial charge in [0.05, 0.1) is 11.7 Å². The largest absolute Gasteiger partial charge is 0.330 e. The molecule has 4 rings (SSSR count). The van der Waals surface area contributed by atoms with E-state index in [0.717, 1.165) is 54.7 Å². The van der Waals surface area contributed by atoms with Gasteiger partial charge < -0.3 is 4.90 Å². The number of aromatic nitrogens is 3. The van der Waals surface area contributed by atoms with Crippen LogP contribution >= 0.6 is 0 Å². The number of halogens is 1. The Kier molecular flexibility index (Phi) is 6.12. The monoisotopic (exact) mass is 404 g/mol. The smallest absolute Gasteiger partial charge is 0.254 e. The van der Waals surface area contributed by atoms with E-state index in [1.165, 1.54) is 12.1 Å². The van der Waals surface area contributed by atoms with Crippen molar-refractivity contribution < 1.29 is 9.18 Å². The Hall–Kier alpha value is -3.15. The number of hydrogen-bond acceptors (Lipinski definition) is 4. The normalized spacial score (nSPS) is 16.5. The summed E-state index contributed by atoms with van der Waals surface area (Å²) in [5, 5.41) is 0. The van der Waals surface area contributed by atoms with E-state index in [9.17, 15) is 9.18 Å². The molecule has 3 heterocycles. The molecule has 2 aromatic heterocycles. The number of pyridine rings is 1. The molecule has 1 fully saturated rings. The van der Waals surface area contributed by atoms with Gasteiger partial charge in [0.25, 0.3) is 5.91 Å². The number of hydrogen-bond donors (Lipinski definition) is 0. The Morgan fingerprint density at radius 3 is 2.80 bits per heavy atom. The van der Waals surface area contributed by atoms with Crippen molar-refractivity contribution in [2.45, 2.75) is 45.1 Å². The molecule has 1 amide bonds. The quantitative estimate of drug-likeness (QED) is 0.601. The van der Waals surface area contributed by atoms with Crippen LogP contribution < -0.4 is 0 Å². The van der Waals surface area contributed by atoms with Gasteiger partial charge in [-0.2, -0.15) is 0 Å². The highest BCUT2D eigenvalue weighted by atomic mass is 19.1. The first-order chi connectivity index (χ1) is 14.7. The van der Waals surface area contributed by atoms with Crippen molar-refractivity contribution >= 4 is 5.91 Å². The lowest BCUT2D eigenvalue weighted by Gasteiger charge is -2.36. The average Bonchev–Trinajstić information content (AvgIpc) is 2.79. The first-order valence-corrected chi connectivity index (χ1v) is 10.5. The highest BCUT2D eigenvalue weighted by Gasteiger charge is 2.32. The molecule has 154 valence electrons. The summed E-state index contributed by atoms with van der Waals surface area (Å²) in [6.07, 6.45) is 9.85. The van der Waals surface area contributed by atoms with Crippen molar-refractivity contribution in [3.8, 4) is 11.1 Å². The average molecular weight is 404 g/mol. The maximum absolute atomic E-state index is 13.7. The van der Waals surface area contributed by atoms with Gasteiger partial charge in [0.1, 0.15) is 11.6 Å². The van der Waals surface area contributed by atoms with Gasteiger partial charge in [-0.1, -0.05) is 13.0 Å². The van der Waals surface area contributed by atoms with E-state index in [1.807, 2.05) is 23.2 Å². The summed E-state index contributed by atoms with van der Waals surface area (Å²) in [4.78, 5) is 28.7. The molecule has 0 N–H and O–H groups in total. The van der Waals surface area contributed by atoms with E-state index in [0.29, 0.717) is 12.1 Å². The van der Waals surface area contributed by atoms with Gasteiger partial charge in [0.2, 0.25) is 0 Å². The van der Waals surface area contributed by atoms with E-state index in [2.05, 4.69) is 16.9 Å². The zero-order valence-electron chi connectivity index (χ0n) is 17.1. The third kappa shape index (κ3) is 4.22. The Bertz CT molecular complexity index is 1020. The highest BCUT2D eigenvalue weighted by molar-refractivity contribution is 5.94. The van der Waals surface area contributed by atoms with Gasteiger partial charge in [-0.25, -0.2) is 14.4 Å². The molecule has 1 atom stereocenters. The van der Waals surface area contributed by atoms with E-state index in [4.69, 9.17) is 4.98 Å². The first-order valence-electron chi connectivity index (χ1n) is 10.5. The van der Waals surface area contributed by atoms with E-state index in [-0.39, 0.29) is 11.9 Å². The van der Waals surface area contributed by atoms with Crippen LogP contribution in [0.1, 0.15) is 60.5 Å². The van der Waals surface area contributed by atoms with E-state index in [1.54, 1.807) is 24.5 Å². The molecule has 30 heavy (non-hydrogen) atoms.